The molecular weight excluding hydrogens is 272 g/mol. The van der Waals surface area contributed by atoms with Crippen LogP contribution < -0.4 is 0 Å². The lowest BCUT2D eigenvalue weighted by Gasteiger charge is -2.25. The van der Waals surface area contributed by atoms with Crippen LogP contribution in [0, 0.1) is 27.7 Å². The van der Waals surface area contributed by atoms with Gasteiger partial charge in [0.25, 0.3) is 0 Å². The highest BCUT2D eigenvalue weighted by atomic mass is 16.6. The van der Waals surface area contributed by atoms with Crippen LogP contribution in [-0.2, 0) is 9.47 Å². The molecule has 116 valence electrons. The number of hydrogen-bond acceptors (Lipinski definition) is 2. The van der Waals surface area contributed by atoms with Crippen LogP contribution in [0.3, 0.4) is 0 Å². The maximum Gasteiger partial charge on any atom is 0.109 e. The summed E-state index contributed by atoms with van der Waals surface area (Å²) in [7, 11) is 0. The largest absolute Gasteiger partial charge is 0.371 e. The highest BCUT2D eigenvalue weighted by molar-refractivity contribution is 5.46. The van der Waals surface area contributed by atoms with E-state index in [1.807, 2.05) is 0 Å². The highest BCUT2D eigenvalue weighted by Gasteiger charge is 2.28. The Morgan fingerprint density at radius 2 is 1.32 bits per heavy atom. The number of epoxide rings is 1. The molecule has 0 spiro atoms. The van der Waals surface area contributed by atoms with Crippen LogP contribution in [0.5, 0.6) is 0 Å². The number of aryl methyl sites for hydroxylation is 4. The van der Waals surface area contributed by atoms with Crippen LogP contribution in [0.1, 0.15) is 39.5 Å². The predicted molar refractivity (Wildman–Crippen MR) is 89.4 cm³/mol. The second kappa shape index (κ2) is 6.23. The Labute approximate surface area is 133 Å². The standard InChI is InChI=1S/C20H24O2/c1-13-7-5-8-14(2)18(13)20(22-12-17-11-21-17)19-15(3)9-6-10-16(19)4/h5-10,17,20H,11-12H2,1-4H3. The van der Waals surface area contributed by atoms with Gasteiger partial charge in [-0.15, -0.1) is 0 Å². The van der Waals surface area contributed by atoms with Crippen LogP contribution in [-0.4, -0.2) is 19.3 Å². The molecule has 1 heterocycles. The molecule has 0 aliphatic carbocycles. The molecule has 2 aromatic carbocycles. The predicted octanol–water partition coefficient (Wildman–Crippen LogP) is 4.43. The molecule has 0 radical (unpaired) electrons. The maximum absolute atomic E-state index is 6.34. The molecule has 0 amide bonds. The molecule has 1 fully saturated rings. The van der Waals surface area contributed by atoms with Crippen molar-refractivity contribution in [3.05, 3.63) is 69.8 Å². The van der Waals surface area contributed by atoms with Crippen molar-refractivity contribution in [1.29, 1.82) is 0 Å². The third-order valence-corrected chi connectivity index (χ3v) is 4.46. The molecule has 1 saturated heterocycles. The van der Waals surface area contributed by atoms with E-state index < -0.39 is 0 Å². The van der Waals surface area contributed by atoms with E-state index in [1.54, 1.807) is 0 Å². The molecule has 2 aromatic rings. The molecule has 0 N–H and O–H groups in total. The SMILES string of the molecule is Cc1cccc(C)c1C(OCC1CO1)c1c(C)cccc1C. The van der Waals surface area contributed by atoms with Crippen molar-refractivity contribution < 1.29 is 9.47 Å². The van der Waals surface area contributed by atoms with Gasteiger partial charge in [0, 0.05) is 0 Å². The Morgan fingerprint density at radius 1 is 0.909 bits per heavy atom. The molecule has 1 aliphatic rings. The minimum atomic E-state index is -0.0217. The van der Waals surface area contributed by atoms with Crippen LogP contribution >= 0.6 is 0 Å². The molecule has 1 unspecified atom stereocenters. The molecule has 22 heavy (non-hydrogen) atoms. The minimum Gasteiger partial charge on any atom is -0.371 e. The topological polar surface area (TPSA) is 21.8 Å². The Kier molecular flexibility index (Phi) is 4.32. The van der Waals surface area contributed by atoms with Crippen molar-refractivity contribution in [3.8, 4) is 0 Å². The summed E-state index contributed by atoms with van der Waals surface area (Å²) < 4.78 is 11.7. The zero-order chi connectivity index (χ0) is 15.7. The quantitative estimate of drug-likeness (QED) is 0.762. The molecular formula is C20H24O2. The van der Waals surface area contributed by atoms with Gasteiger partial charge in [0.05, 0.1) is 13.2 Å². The molecule has 2 heteroatoms. The monoisotopic (exact) mass is 296 g/mol. The van der Waals surface area contributed by atoms with E-state index in [4.69, 9.17) is 9.47 Å². The second-order valence-electron chi connectivity index (χ2n) is 6.28. The van der Waals surface area contributed by atoms with Crippen molar-refractivity contribution in [2.75, 3.05) is 13.2 Å². The first kappa shape index (κ1) is 15.3. The van der Waals surface area contributed by atoms with E-state index >= 15 is 0 Å². The third kappa shape index (κ3) is 3.08. The summed E-state index contributed by atoms with van der Waals surface area (Å²) in [5.41, 5.74) is 7.71. The Hall–Kier alpha value is -1.64. The molecule has 2 nitrogen and oxygen atoms in total. The van der Waals surface area contributed by atoms with Crippen molar-refractivity contribution in [1.82, 2.24) is 0 Å². The normalized spacial score (nSPS) is 17.0. The van der Waals surface area contributed by atoms with Gasteiger partial charge in [-0.25, -0.2) is 0 Å². The first-order valence-electron chi connectivity index (χ1n) is 7.93. The fraction of sp³-hybridized carbons (Fsp3) is 0.400. The molecule has 3 rings (SSSR count). The van der Waals surface area contributed by atoms with Gasteiger partial charge >= 0.3 is 0 Å². The van der Waals surface area contributed by atoms with E-state index in [2.05, 4.69) is 64.1 Å². The van der Waals surface area contributed by atoms with E-state index in [1.165, 1.54) is 33.4 Å². The van der Waals surface area contributed by atoms with Gasteiger partial charge < -0.3 is 9.47 Å². The molecule has 1 atom stereocenters. The molecule has 0 aromatic heterocycles. The van der Waals surface area contributed by atoms with Crippen molar-refractivity contribution >= 4 is 0 Å². The number of hydrogen-bond donors (Lipinski definition) is 0. The minimum absolute atomic E-state index is 0.0217. The van der Waals surface area contributed by atoms with Crippen molar-refractivity contribution in [2.24, 2.45) is 0 Å². The van der Waals surface area contributed by atoms with Gasteiger partial charge in [-0.2, -0.15) is 0 Å². The van der Waals surface area contributed by atoms with E-state index in [9.17, 15) is 0 Å². The van der Waals surface area contributed by atoms with E-state index in [0.717, 1.165) is 6.61 Å². The highest BCUT2D eigenvalue weighted by Crippen LogP contribution is 2.35. The smallest absolute Gasteiger partial charge is 0.109 e. The summed E-state index contributed by atoms with van der Waals surface area (Å²) in [5, 5.41) is 0. The van der Waals surface area contributed by atoms with Gasteiger partial charge in [0.2, 0.25) is 0 Å². The Balaban J connectivity index is 2.06. The van der Waals surface area contributed by atoms with Crippen LogP contribution in [0.15, 0.2) is 36.4 Å². The summed E-state index contributed by atoms with van der Waals surface area (Å²) in [6, 6.07) is 12.9. The van der Waals surface area contributed by atoms with Crippen LogP contribution in [0.4, 0.5) is 0 Å². The summed E-state index contributed by atoms with van der Waals surface area (Å²) in [6.45, 7) is 10.2. The molecule has 0 bridgehead atoms. The molecule has 1 aliphatic heterocycles. The molecule has 0 saturated carbocycles. The fourth-order valence-corrected chi connectivity index (χ4v) is 3.16. The third-order valence-electron chi connectivity index (χ3n) is 4.46. The van der Waals surface area contributed by atoms with Crippen molar-refractivity contribution in [3.63, 3.8) is 0 Å². The van der Waals surface area contributed by atoms with Gasteiger partial charge in [0.1, 0.15) is 12.2 Å². The summed E-state index contributed by atoms with van der Waals surface area (Å²) >= 11 is 0. The second-order valence-corrected chi connectivity index (χ2v) is 6.28. The average Bonchev–Trinajstić information content (AvgIpc) is 3.27. The van der Waals surface area contributed by atoms with E-state index in [-0.39, 0.29) is 12.2 Å². The van der Waals surface area contributed by atoms with Crippen LogP contribution in [0.2, 0.25) is 0 Å². The van der Waals surface area contributed by atoms with Gasteiger partial charge in [-0.05, 0) is 61.1 Å². The zero-order valence-corrected chi connectivity index (χ0v) is 13.8. The summed E-state index contributed by atoms with van der Waals surface area (Å²) in [6.07, 6.45) is 0.253. The Morgan fingerprint density at radius 3 is 1.68 bits per heavy atom. The first-order chi connectivity index (χ1) is 10.6. The lowest BCUT2D eigenvalue weighted by Crippen LogP contribution is -2.15. The lowest BCUT2D eigenvalue weighted by molar-refractivity contribution is 0.0657. The summed E-state index contributed by atoms with van der Waals surface area (Å²) in [4.78, 5) is 0. The maximum atomic E-state index is 6.34. The number of ether oxygens (including phenoxy) is 2. The van der Waals surface area contributed by atoms with Crippen molar-refractivity contribution in [2.45, 2.75) is 39.9 Å². The Bertz CT molecular complexity index is 579. The van der Waals surface area contributed by atoms with Gasteiger partial charge in [-0.3, -0.25) is 0 Å². The lowest BCUT2D eigenvalue weighted by atomic mass is 9.88. The van der Waals surface area contributed by atoms with Gasteiger partial charge in [0.15, 0.2) is 0 Å². The van der Waals surface area contributed by atoms with Crippen LogP contribution in [0.25, 0.3) is 0 Å². The van der Waals surface area contributed by atoms with E-state index in [0.29, 0.717) is 6.61 Å². The van der Waals surface area contributed by atoms with Gasteiger partial charge in [-0.1, -0.05) is 36.4 Å². The zero-order valence-electron chi connectivity index (χ0n) is 13.8. The average molecular weight is 296 g/mol. The number of benzene rings is 2. The fourth-order valence-electron chi connectivity index (χ4n) is 3.16. The first-order valence-corrected chi connectivity index (χ1v) is 7.93. The number of rotatable bonds is 5. The summed E-state index contributed by atoms with van der Waals surface area (Å²) in [5.74, 6) is 0.